The molecule has 155 valence electrons. The van der Waals surface area contributed by atoms with Crippen LogP contribution < -0.4 is 5.32 Å². The molecule has 0 spiro atoms. The van der Waals surface area contributed by atoms with Crippen LogP contribution in [-0.2, 0) is 6.54 Å². The number of benzene rings is 1. The van der Waals surface area contributed by atoms with E-state index in [1.54, 1.807) is 24.5 Å². The molecule has 2 heterocycles. The predicted octanol–water partition coefficient (Wildman–Crippen LogP) is 4.15. The molecule has 5 nitrogen and oxygen atoms in total. The minimum Gasteiger partial charge on any atom is -0.390 e. The van der Waals surface area contributed by atoms with Gasteiger partial charge in [-0.2, -0.15) is 0 Å². The minimum atomic E-state index is -1.44. The average molecular weight is 427 g/mol. The zero-order valence-corrected chi connectivity index (χ0v) is 17.0. The van der Waals surface area contributed by atoms with Gasteiger partial charge in [0, 0.05) is 47.6 Å². The maximum atomic E-state index is 14.3. The lowest BCUT2D eigenvalue weighted by Crippen LogP contribution is -2.31. The molecule has 0 aliphatic heterocycles. The molecule has 3 aromatic rings. The molecule has 0 amide bonds. The number of rotatable bonds is 6. The summed E-state index contributed by atoms with van der Waals surface area (Å²) < 4.78 is 16.2. The number of nitrogens with zero attached hydrogens (tertiary/aromatic N) is 2. The first kappa shape index (κ1) is 20.6. The van der Waals surface area contributed by atoms with Crippen molar-refractivity contribution in [3.8, 4) is 0 Å². The van der Waals surface area contributed by atoms with Gasteiger partial charge in [0.05, 0.1) is 17.7 Å². The maximum absolute atomic E-state index is 14.3. The van der Waals surface area contributed by atoms with E-state index in [0.29, 0.717) is 34.8 Å². The monoisotopic (exact) mass is 426 g/mol. The number of alkyl halides is 1. The molecule has 2 N–H and O–H groups in total. The number of hydrogen-bond acceptors (Lipinski definition) is 4. The molecular weight excluding hydrogens is 405 g/mol. The summed E-state index contributed by atoms with van der Waals surface area (Å²) in [5, 5.41) is 13.6. The summed E-state index contributed by atoms with van der Waals surface area (Å²) in [5.74, 6) is -0.602. The Morgan fingerprint density at radius 1 is 1.37 bits per heavy atom. The van der Waals surface area contributed by atoms with Gasteiger partial charge >= 0.3 is 0 Å². The van der Waals surface area contributed by atoms with E-state index in [9.17, 15) is 14.3 Å². The number of aromatic nitrogens is 2. The van der Waals surface area contributed by atoms with Crippen LogP contribution >= 0.6 is 11.6 Å². The zero-order chi connectivity index (χ0) is 21.3. The third kappa shape index (κ3) is 4.25. The van der Waals surface area contributed by atoms with Crippen molar-refractivity contribution in [3.63, 3.8) is 0 Å². The van der Waals surface area contributed by atoms with Crippen molar-refractivity contribution in [1.82, 2.24) is 9.55 Å². The number of aliphatic hydroxyl groups excluding tert-OH is 1. The second-order valence-corrected chi connectivity index (χ2v) is 8.07. The topological polar surface area (TPSA) is 67.2 Å². The Labute approximate surface area is 179 Å². The van der Waals surface area contributed by atoms with E-state index < -0.39 is 18.3 Å². The van der Waals surface area contributed by atoms with Gasteiger partial charge in [0.2, 0.25) is 0 Å². The Kier molecular flexibility index (Phi) is 5.88. The van der Waals surface area contributed by atoms with Gasteiger partial charge in [-0.25, -0.2) is 4.39 Å². The van der Waals surface area contributed by atoms with Gasteiger partial charge in [0.1, 0.15) is 6.17 Å². The van der Waals surface area contributed by atoms with E-state index >= 15 is 0 Å². The number of nitrogens with one attached hydrogen (secondary N) is 1. The smallest absolute Gasteiger partial charge is 0.198 e. The van der Waals surface area contributed by atoms with Crippen molar-refractivity contribution >= 4 is 23.1 Å². The lowest BCUT2D eigenvalue weighted by Gasteiger charge is -2.19. The number of carbonyl (C=O) groups is 1. The van der Waals surface area contributed by atoms with Gasteiger partial charge in [0.25, 0.3) is 0 Å². The summed E-state index contributed by atoms with van der Waals surface area (Å²) in [6.07, 6.45) is 4.45. The molecular formula is C23H22ClFN3O2. The van der Waals surface area contributed by atoms with Crippen molar-refractivity contribution in [2.45, 2.75) is 31.3 Å². The van der Waals surface area contributed by atoms with Gasteiger partial charge in [-0.3, -0.25) is 9.78 Å². The van der Waals surface area contributed by atoms with Crippen molar-refractivity contribution in [2.75, 3.05) is 5.32 Å². The molecule has 4 rings (SSSR count). The van der Waals surface area contributed by atoms with Crippen LogP contribution in [0, 0.1) is 12.8 Å². The molecule has 1 aliphatic rings. The highest BCUT2D eigenvalue weighted by Crippen LogP contribution is 2.31. The molecule has 1 radical (unpaired) electrons. The fourth-order valence-corrected chi connectivity index (χ4v) is 4.02. The van der Waals surface area contributed by atoms with Gasteiger partial charge in [-0.05, 0) is 49.1 Å². The number of halogens is 2. The van der Waals surface area contributed by atoms with Gasteiger partial charge in [0.15, 0.2) is 5.78 Å². The molecule has 0 bridgehead atoms. The quantitative estimate of drug-likeness (QED) is 0.581. The Hall–Kier alpha value is -2.70. The van der Waals surface area contributed by atoms with Crippen molar-refractivity contribution in [1.29, 1.82) is 0 Å². The molecule has 1 aliphatic carbocycles. The highest BCUT2D eigenvalue weighted by Gasteiger charge is 2.40. The molecule has 1 saturated carbocycles. The van der Waals surface area contributed by atoms with Crippen molar-refractivity contribution in [2.24, 2.45) is 5.92 Å². The SMILES string of the molecule is [CH2][C@@H]1C[C@@H](Nc2ccncc2C(=O)c2ccn(Cc3cccc(Cl)c3)c2)[C@@H](F)[C@@H]1O. The van der Waals surface area contributed by atoms with Crippen molar-refractivity contribution in [3.05, 3.63) is 89.8 Å². The summed E-state index contributed by atoms with van der Waals surface area (Å²) in [7, 11) is 0. The second-order valence-electron chi connectivity index (χ2n) is 7.63. The minimum absolute atomic E-state index is 0.212. The first-order valence-electron chi connectivity index (χ1n) is 9.73. The number of pyridine rings is 1. The van der Waals surface area contributed by atoms with Crippen LogP contribution in [0.1, 0.15) is 27.9 Å². The van der Waals surface area contributed by atoms with Crippen molar-refractivity contribution < 1.29 is 14.3 Å². The molecule has 0 saturated heterocycles. The fraction of sp³-hybridized carbons (Fsp3) is 0.261. The van der Waals surface area contributed by atoms with E-state index in [-0.39, 0.29) is 11.7 Å². The lowest BCUT2D eigenvalue weighted by molar-refractivity contribution is 0.0793. The van der Waals surface area contributed by atoms with E-state index in [4.69, 9.17) is 11.6 Å². The van der Waals surface area contributed by atoms with Crippen LogP contribution in [0.4, 0.5) is 10.1 Å². The molecule has 1 aromatic carbocycles. The Morgan fingerprint density at radius 2 is 2.20 bits per heavy atom. The number of anilines is 1. The van der Waals surface area contributed by atoms with Gasteiger partial charge < -0.3 is 15.0 Å². The highest BCUT2D eigenvalue weighted by atomic mass is 35.5. The van der Waals surface area contributed by atoms with Crippen LogP contribution in [0.15, 0.2) is 61.2 Å². The fourth-order valence-electron chi connectivity index (χ4n) is 3.81. The average Bonchev–Trinajstić information content (AvgIpc) is 3.29. The molecule has 7 heteroatoms. The lowest BCUT2D eigenvalue weighted by atomic mass is 10.1. The largest absolute Gasteiger partial charge is 0.390 e. The Balaban J connectivity index is 1.52. The number of ketones is 1. The zero-order valence-electron chi connectivity index (χ0n) is 16.2. The first-order chi connectivity index (χ1) is 14.4. The van der Waals surface area contributed by atoms with E-state index in [1.165, 1.54) is 6.20 Å². The maximum Gasteiger partial charge on any atom is 0.198 e. The van der Waals surface area contributed by atoms with Crippen LogP contribution in [0.5, 0.6) is 0 Å². The summed E-state index contributed by atoms with van der Waals surface area (Å²) in [4.78, 5) is 17.2. The van der Waals surface area contributed by atoms with Gasteiger partial charge in [-0.15, -0.1) is 0 Å². The van der Waals surface area contributed by atoms with Crippen LogP contribution in [0.25, 0.3) is 0 Å². The molecule has 1 fully saturated rings. The highest BCUT2D eigenvalue weighted by molar-refractivity contribution is 6.30. The molecule has 4 atom stereocenters. The van der Waals surface area contributed by atoms with E-state index in [1.807, 2.05) is 35.0 Å². The third-order valence-corrected chi connectivity index (χ3v) is 5.66. The van der Waals surface area contributed by atoms with Crippen LogP contribution in [0.2, 0.25) is 5.02 Å². The van der Waals surface area contributed by atoms with E-state index in [2.05, 4.69) is 17.2 Å². The first-order valence-corrected chi connectivity index (χ1v) is 10.1. The normalized spacial score (nSPS) is 23.5. The number of hydrogen-bond donors (Lipinski definition) is 2. The van der Waals surface area contributed by atoms with E-state index in [0.717, 1.165) is 5.56 Å². The van der Waals surface area contributed by atoms with Gasteiger partial charge in [-0.1, -0.05) is 23.7 Å². The van der Waals surface area contributed by atoms with Crippen LogP contribution in [0.3, 0.4) is 0 Å². The van der Waals surface area contributed by atoms with Crippen LogP contribution in [-0.4, -0.2) is 38.8 Å². The standard InChI is InChI=1S/C23H22ClFN3O2/c1-14-9-20(21(25)22(14)29)27-19-5-7-26-11-18(19)23(30)16-6-8-28(13-16)12-15-3-2-4-17(24)10-15/h2-8,10-11,13-14,20-22,29H,1,9,12H2,(H,26,27)/t14-,20-,21-,22-/m1/s1. The summed E-state index contributed by atoms with van der Waals surface area (Å²) >= 11 is 6.04. The third-order valence-electron chi connectivity index (χ3n) is 5.42. The summed E-state index contributed by atoms with van der Waals surface area (Å²) in [6.45, 7) is 4.37. The predicted molar refractivity (Wildman–Crippen MR) is 114 cm³/mol. The molecule has 0 unspecified atom stereocenters. The molecule has 30 heavy (non-hydrogen) atoms. The Morgan fingerprint density at radius 3 is 2.93 bits per heavy atom. The summed E-state index contributed by atoms with van der Waals surface area (Å²) in [5.41, 5.74) is 2.38. The second kappa shape index (κ2) is 8.58. The number of aliphatic hydroxyl groups is 1. The Bertz CT molecular complexity index is 1050. The molecule has 2 aromatic heterocycles. The summed E-state index contributed by atoms with van der Waals surface area (Å²) in [6, 6.07) is 10.3. The number of carbonyl (C=O) groups excluding carboxylic acids is 1.